The van der Waals surface area contributed by atoms with Crippen LogP contribution in [-0.2, 0) is 14.4 Å². The summed E-state index contributed by atoms with van der Waals surface area (Å²) < 4.78 is 0. The van der Waals surface area contributed by atoms with Gasteiger partial charge < -0.3 is 14.9 Å². The van der Waals surface area contributed by atoms with Gasteiger partial charge in [-0.3, -0.25) is 19.3 Å². The van der Waals surface area contributed by atoms with E-state index in [0.717, 1.165) is 13.0 Å². The predicted octanol–water partition coefficient (Wildman–Crippen LogP) is -0.526. The number of carboxylic acid groups (broad SMARTS) is 1. The fraction of sp³-hybridized carbons (Fsp3) is 0.786. The van der Waals surface area contributed by atoms with Gasteiger partial charge in [-0.15, -0.1) is 0 Å². The van der Waals surface area contributed by atoms with E-state index in [0.29, 0.717) is 39.1 Å². The second-order valence-electron chi connectivity index (χ2n) is 5.80. The van der Waals surface area contributed by atoms with Crippen LogP contribution in [0, 0.1) is 5.92 Å². The zero-order chi connectivity index (χ0) is 15.4. The molecule has 118 valence electrons. The van der Waals surface area contributed by atoms with E-state index in [1.165, 1.54) is 6.92 Å². The molecule has 2 heterocycles. The Bertz CT molecular complexity index is 418. The highest BCUT2D eigenvalue weighted by atomic mass is 16.4. The lowest BCUT2D eigenvalue weighted by atomic mass is 9.98. The van der Waals surface area contributed by atoms with Gasteiger partial charge in [0.1, 0.15) is 0 Å². The summed E-state index contributed by atoms with van der Waals surface area (Å²) in [5.41, 5.74) is 0. The number of carbonyl (C=O) groups excluding carboxylic acids is 2. The summed E-state index contributed by atoms with van der Waals surface area (Å²) in [6.45, 7) is 5.35. The van der Waals surface area contributed by atoms with E-state index in [1.807, 2.05) is 4.90 Å². The largest absolute Gasteiger partial charge is 0.481 e. The number of rotatable bonds is 3. The molecule has 2 amide bonds. The number of likely N-dealkylation sites (tertiary alicyclic amines) is 1. The van der Waals surface area contributed by atoms with Crippen molar-refractivity contribution in [3.8, 4) is 0 Å². The molecule has 1 unspecified atom stereocenters. The van der Waals surface area contributed by atoms with E-state index in [2.05, 4.69) is 0 Å². The summed E-state index contributed by atoms with van der Waals surface area (Å²) in [4.78, 5) is 40.0. The van der Waals surface area contributed by atoms with Gasteiger partial charge in [-0.1, -0.05) is 0 Å². The second-order valence-corrected chi connectivity index (χ2v) is 5.80. The number of aliphatic carboxylic acids is 1. The Morgan fingerprint density at radius 3 is 2.24 bits per heavy atom. The second kappa shape index (κ2) is 6.89. The molecule has 0 aliphatic carbocycles. The topological polar surface area (TPSA) is 81.2 Å². The molecule has 1 N–H and O–H groups in total. The third-order valence-corrected chi connectivity index (χ3v) is 4.29. The van der Waals surface area contributed by atoms with Crippen molar-refractivity contribution in [2.24, 2.45) is 5.92 Å². The van der Waals surface area contributed by atoms with Crippen molar-refractivity contribution in [1.29, 1.82) is 0 Å². The zero-order valence-corrected chi connectivity index (χ0v) is 12.5. The maximum absolute atomic E-state index is 12.3. The van der Waals surface area contributed by atoms with Crippen molar-refractivity contribution < 1.29 is 19.5 Å². The number of amides is 2. The van der Waals surface area contributed by atoms with Crippen LogP contribution in [0.5, 0.6) is 0 Å². The summed E-state index contributed by atoms with van der Waals surface area (Å²) in [5.74, 6) is -1.06. The average molecular weight is 297 g/mol. The number of piperidine rings is 1. The maximum atomic E-state index is 12.3. The number of hydrogen-bond acceptors (Lipinski definition) is 4. The smallest absolute Gasteiger partial charge is 0.307 e. The Morgan fingerprint density at radius 1 is 1.05 bits per heavy atom. The Morgan fingerprint density at radius 2 is 1.67 bits per heavy atom. The molecule has 1 atom stereocenters. The van der Waals surface area contributed by atoms with E-state index in [9.17, 15) is 14.4 Å². The summed E-state index contributed by atoms with van der Waals surface area (Å²) in [6.07, 6.45) is 1.51. The minimum Gasteiger partial charge on any atom is -0.481 e. The molecule has 7 heteroatoms. The highest BCUT2D eigenvalue weighted by Crippen LogP contribution is 2.16. The van der Waals surface area contributed by atoms with Gasteiger partial charge in [0.25, 0.3) is 0 Å². The number of nitrogens with zero attached hydrogens (tertiary/aromatic N) is 3. The predicted molar refractivity (Wildman–Crippen MR) is 75.6 cm³/mol. The highest BCUT2D eigenvalue weighted by molar-refractivity contribution is 5.79. The Hall–Kier alpha value is -1.63. The molecule has 2 rings (SSSR count). The molecule has 2 fully saturated rings. The van der Waals surface area contributed by atoms with Crippen LogP contribution < -0.4 is 0 Å². The highest BCUT2D eigenvalue weighted by Gasteiger charge is 2.28. The first kappa shape index (κ1) is 15.8. The summed E-state index contributed by atoms with van der Waals surface area (Å²) in [7, 11) is 0. The summed E-state index contributed by atoms with van der Waals surface area (Å²) in [6, 6.07) is 0. The average Bonchev–Trinajstić information content (AvgIpc) is 2.47. The number of carboxylic acids is 1. The van der Waals surface area contributed by atoms with Gasteiger partial charge in [-0.05, 0) is 19.4 Å². The fourth-order valence-electron chi connectivity index (χ4n) is 2.96. The zero-order valence-electron chi connectivity index (χ0n) is 12.5. The molecule has 0 aromatic rings. The third-order valence-electron chi connectivity index (χ3n) is 4.29. The van der Waals surface area contributed by atoms with Crippen molar-refractivity contribution in [3.05, 3.63) is 0 Å². The fourth-order valence-corrected chi connectivity index (χ4v) is 2.96. The van der Waals surface area contributed by atoms with E-state index >= 15 is 0 Å². The number of piperazine rings is 1. The van der Waals surface area contributed by atoms with E-state index in [1.54, 1.807) is 9.80 Å². The van der Waals surface area contributed by atoms with Crippen LogP contribution in [0.3, 0.4) is 0 Å². The van der Waals surface area contributed by atoms with Crippen LogP contribution in [0.2, 0.25) is 0 Å². The van der Waals surface area contributed by atoms with Crippen molar-refractivity contribution in [3.63, 3.8) is 0 Å². The standard InChI is InChI=1S/C14H23N3O4/c1-11(18)16-5-7-17(8-6-16)13(19)10-15-4-2-3-12(9-15)14(20)21/h12H,2-10H2,1H3,(H,20,21). The van der Waals surface area contributed by atoms with Gasteiger partial charge in [0.15, 0.2) is 0 Å². The first-order valence-corrected chi connectivity index (χ1v) is 7.46. The van der Waals surface area contributed by atoms with Gasteiger partial charge in [0, 0.05) is 39.6 Å². The molecule has 0 spiro atoms. The number of hydrogen-bond donors (Lipinski definition) is 1. The molecule has 2 aliphatic heterocycles. The molecular formula is C14H23N3O4. The van der Waals surface area contributed by atoms with Crippen molar-refractivity contribution in [1.82, 2.24) is 14.7 Å². The van der Waals surface area contributed by atoms with Crippen LogP contribution in [0.15, 0.2) is 0 Å². The molecule has 0 aromatic heterocycles. The van der Waals surface area contributed by atoms with Crippen LogP contribution in [-0.4, -0.2) is 83.4 Å². The SMILES string of the molecule is CC(=O)N1CCN(C(=O)CN2CCCC(C(=O)O)C2)CC1. The minimum absolute atomic E-state index is 0.0317. The van der Waals surface area contributed by atoms with E-state index in [-0.39, 0.29) is 24.3 Å². The Labute approximate surface area is 124 Å². The summed E-state index contributed by atoms with van der Waals surface area (Å²) >= 11 is 0. The first-order valence-electron chi connectivity index (χ1n) is 7.46. The maximum Gasteiger partial charge on any atom is 0.307 e. The molecular weight excluding hydrogens is 274 g/mol. The molecule has 2 saturated heterocycles. The molecule has 0 bridgehead atoms. The van der Waals surface area contributed by atoms with Crippen molar-refractivity contribution >= 4 is 17.8 Å². The molecule has 0 aromatic carbocycles. The molecule has 7 nitrogen and oxygen atoms in total. The molecule has 21 heavy (non-hydrogen) atoms. The first-order chi connectivity index (χ1) is 9.97. The Kier molecular flexibility index (Phi) is 5.17. The van der Waals surface area contributed by atoms with Gasteiger partial charge in [0.05, 0.1) is 12.5 Å². The molecule has 0 radical (unpaired) electrons. The molecule has 0 saturated carbocycles. The van der Waals surface area contributed by atoms with Gasteiger partial charge >= 0.3 is 5.97 Å². The minimum atomic E-state index is -0.776. The lowest BCUT2D eigenvalue weighted by Crippen LogP contribution is -2.53. The Balaban J connectivity index is 1.79. The lowest BCUT2D eigenvalue weighted by molar-refractivity contribution is -0.145. The quantitative estimate of drug-likeness (QED) is 0.757. The molecule has 2 aliphatic rings. The van der Waals surface area contributed by atoms with Gasteiger partial charge in [-0.25, -0.2) is 0 Å². The normalized spacial score (nSPS) is 24.0. The monoisotopic (exact) mass is 297 g/mol. The van der Waals surface area contributed by atoms with Crippen molar-refractivity contribution in [2.45, 2.75) is 19.8 Å². The third kappa shape index (κ3) is 4.17. The van der Waals surface area contributed by atoms with Gasteiger partial charge in [-0.2, -0.15) is 0 Å². The summed E-state index contributed by atoms with van der Waals surface area (Å²) in [5, 5.41) is 9.06. The van der Waals surface area contributed by atoms with E-state index < -0.39 is 5.97 Å². The number of carbonyl (C=O) groups is 3. The van der Waals surface area contributed by atoms with Crippen molar-refractivity contribution in [2.75, 3.05) is 45.8 Å². The lowest BCUT2D eigenvalue weighted by Gasteiger charge is -2.36. The van der Waals surface area contributed by atoms with Crippen LogP contribution in [0.25, 0.3) is 0 Å². The van der Waals surface area contributed by atoms with Gasteiger partial charge in [0.2, 0.25) is 11.8 Å². The van der Waals surface area contributed by atoms with Crippen LogP contribution in [0.4, 0.5) is 0 Å². The van der Waals surface area contributed by atoms with Crippen LogP contribution >= 0.6 is 0 Å². The van der Waals surface area contributed by atoms with Crippen LogP contribution in [0.1, 0.15) is 19.8 Å². The van der Waals surface area contributed by atoms with E-state index in [4.69, 9.17) is 5.11 Å².